The summed E-state index contributed by atoms with van der Waals surface area (Å²) in [5.41, 5.74) is 0. The topological polar surface area (TPSA) is 40.5 Å². The smallest absolute Gasteiger partial charge is 0.317 e. The van der Waals surface area contributed by atoms with E-state index in [4.69, 9.17) is 5.11 Å². The second-order valence-electron chi connectivity index (χ2n) is 3.96. The molecule has 0 rings (SSSR count). The van der Waals surface area contributed by atoms with Crippen molar-refractivity contribution < 1.29 is 9.90 Å². The van der Waals surface area contributed by atoms with E-state index in [0.717, 1.165) is 19.3 Å². The molecule has 0 saturated carbocycles. The van der Waals surface area contributed by atoms with E-state index in [-0.39, 0.29) is 6.54 Å². The molecule has 0 aliphatic carbocycles. The van der Waals surface area contributed by atoms with Crippen LogP contribution in [0, 0.1) is 0 Å². The minimum atomic E-state index is -0.728. The Balaban J connectivity index is 4.29. The Morgan fingerprint density at radius 1 is 1.29 bits per heavy atom. The Bertz CT molecular complexity index is 171. The fourth-order valence-corrected chi connectivity index (χ4v) is 1.72. The van der Waals surface area contributed by atoms with Crippen LogP contribution >= 0.6 is 0 Å². The maximum absolute atomic E-state index is 10.7. The molecule has 3 heteroatoms. The van der Waals surface area contributed by atoms with Crippen molar-refractivity contribution in [3.05, 3.63) is 0 Å². The van der Waals surface area contributed by atoms with Crippen molar-refractivity contribution in [3.63, 3.8) is 0 Å². The van der Waals surface area contributed by atoms with Gasteiger partial charge in [-0.1, -0.05) is 20.3 Å². The molecule has 0 spiro atoms. The predicted octanol–water partition coefficient (Wildman–Crippen LogP) is 2.36. The molecule has 3 nitrogen and oxygen atoms in total. The first-order valence-electron chi connectivity index (χ1n) is 5.50. The Hall–Kier alpha value is -0.570. The minimum Gasteiger partial charge on any atom is -0.480 e. The number of carbonyl (C=O) groups is 1. The first kappa shape index (κ1) is 13.4. The van der Waals surface area contributed by atoms with E-state index in [1.165, 1.54) is 0 Å². The van der Waals surface area contributed by atoms with Crippen molar-refractivity contribution in [2.75, 3.05) is 6.54 Å². The summed E-state index contributed by atoms with van der Waals surface area (Å²) in [5.74, 6) is -0.728. The lowest BCUT2D eigenvalue weighted by molar-refractivity contribution is -0.139. The van der Waals surface area contributed by atoms with Crippen molar-refractivity contribution in [1.82, 2.24) is 4.90 Å². The third-order valence-corrected chi connectivity index (χ3v) is 2.75. The summed E-state index contributed by atoms with van der Waals surface area (Å²) in [6.07, 6.45) is 3.17. The van der Waals surface area contributed by atoms with Gasteiger partial charge in [-0.3, -0.25) is 9.69 Å². The zero-order valence-corrected chi connectivity index (χ0v) is 9.79. The van der Waals surface area contributed by atoms with Gasteiger partial charge in [0.1, 0.15) is 0 Å². The molecule has 1 N–H and O–H groups in total. The summed E-state index contributed by atoms with van der Waals surface area (Å²) < 4.78 is 0. The van der Waals surface area contributed by atoms with E-state index in [2.05, 4.69) is 32.6 Å². The SMILES string of the molecule is CCCC(C)N(CC(=O)O)C(C)CC. The molecule has 0 radical (unpaired) electrons. The van der Waals surface area contributed by atoms with Crippen molar-refractivity contribution in [2.24, 2.45) is 0 Å². The van der Waals surface area contributed by atoms with Gasteiger partial charge in [0.05, 0.1) is 6.54 Å². The van der Waals surface area contributed by atoms with Gasteiger partial charge in [-0.2, -0.15) is 0 Å². The molecule has 0 aliphatic rings. The third kappa shape index (κ3) is 4.61. The highest BCUT2D eigenvalue weighted by Gasteiger charge is 2.20. The molecule has 2 atom stereocenters. The Kier molecular flexibility index (Phi) is 6.54. The highest BCUT2D eigenvalue weighted by molar-refractivity contribution is 5.69. The van der Waals surface area contributed by atoms with Gasteiger partial charge in [0.15, 0.2) is 0 Å². The first-order chi connectivity index (χ1) is 6.52. The van der Waals surface area contributed by atoms with Gasteiger partial charge in [-0.05, 0) is 26.7 Å². The maximum Gasteiger partial charge on any atom is 0.317 e. The van der Waals surface area contributed by atoms with Crippen LogP contribution in [0.4, 0.5) is 0 Å². The molecule has 0 saturated heterocycles. The highest BCUT2D eigenvalue weighted by atomic mass is 16.4. The molecular formula is C11H23NO2. The summed E-state index contributed by atoms with van der Waals surface area (Å²) in [5, 5.41) is 8.80. The summed E-state index contributed by atoms with van der Waals surface area (Å²) in [4.78, 5) is 12.8. The van der Waals surface area contributed by atoms with Gasteiger partial charge in [-0.25, -0.2) is 0 Å². The highest BCUT2D eigenvalue weighted by Crippen LogP contribution is 2.12. The number of rotatable bonds is 7. The number of hydrogen-bond donors (Lipinski definition) is 1. The third-order valence-electron chi connectivity index (χ3n) is 2.75. The van der Waals surface area contributed by atoms with E-state index >= 15 is 0 Å². The molecule has 0 fully saturated rings. The van der Waals surface area contributed by atoms with Crippen LogP contribution in [0.1, 0.15) is 47.0 Å². The van der Waals surface area contributed by atoms with Gasteiger partial charge in [0.25, 0.3) is 0 Å². The number of hydrogen-bond acceptors (Lipinski definition) is 2. The normalized spacial score (nSPS) is 15.5. The van der Waals surface area contributed by atoms with Gasteiger partial charge >= 0.3 is 5.97 Å². The molecule has 0 bridgehead atoms. The molecule has 2 unspecified atom stereocenters. The van der Waals surface area contributed by atoms with Crippen LogP contribution in [0.5, 0.6) is 0 Å². The van der Waals surface area contributed by atoms with E-state index < -0.39 is 5.97 Å². The molecule has 84 valence electrons. The number of nitrogens with zero attached hydrogens (tertiary/aromatic N) is 1. The van der Waals surface area contributed by atoms with Gasteiger partial charge in [0, 0.05) is 12.1 Å². The summed E-state index contributed by atoms with van der Waals surface area (Å²) in [7, 11) is 0. The Morgan fingerprint density at radius 3 is 2.21 bits per heavy atom. The zero-order chi connectivity index (χ0) is 11.1. The maximum atomic E-state index is 10.7. The van der Waals surface area contributed by atoms with E-state index in [9.17, 15) is 4.79 Å². The molecular weight excluding hydrogens is 178 g/mol. The number of carboxylic acid groups (broad SMARTS) is 1. The molecule has 0 aliphatic heterocycles. The lowest BCUT2D eigenvalue weighted by Crippen LogP contribution is -2.43. The van der Waals surface area contributed by atoms with E-state index in [1.54, 1.807) is 0 Å². The van der Waals surface area contributed by atoms with Crippen LogP contribution in [0.15, 0.2) is 0 Å². The standard InChI is InChI=1S/C11H23NO2/c1-5-7-10(4)12(8-11(13)14)9(3)6-2/h9-10H,5-8H2,1-4H3,(H,13,14). The quantitative estimate of drug-likeness (QED) is 0.687. The Morgan fingerprint density at radius 2 is 1.86 bits per heavy atom. The fourth-order valence-electron chi connectivity index (χ4n) is 1.72. The molecule has 14 heavy (non-hydrogen) atoms. The zero-order valence-electron chi connectivity index (χ0n) is 9.79. The van der Waals surface area contributed by atoms with Crippen molar-refractivity contribution in [1.29, 1.82) is 0 Å². The van der Waals surface area contributed by atoms with E-state index in [1.807, 2.05) is 0 Å². The summed E-state index contributed by atoms with van der Waals surface area (Å²) in [6, 6.07) is 0.721. The lowest BCUT2D eigenvalue weighted by atomic mass is 10.1. The van der Waals surface area contributed by atoms with Crippen LogP contribution in [0.3, 0.4) is 0 Å². The van der Waals surface area contributed by atoms with Crippen LogP contribution in [-0.2, 0) is 4.79 Å². The Labute approximate surface area is 87.1 Å². The average Bonchev–Trinajstić information content (AvgIpc) is 2.13. The predicted molar refractivity (Wildman–Crippen MR) is 58.5 cm³/mol. The van der Waals surface area contributed by atoms with E-state index in [0.29, 0.717) is 12.1 Å². The molecule has 0 aromatic heterocycles. The fraction of sp³-hybridized carbons (Fsp3) is 0.909. The van der Waals surface area contributed by atoms with Gasteiger partial charge < -0.3 is 5.11 Å². The largest absolute Gasteiger partial charge is 0.480 e. The monoisotopic (exact) mass is 201 g/mol. The number of aliphatic carboxylic acids is 1. The van der Waals surface area contributed by atoms with Crippen LogP contribution in [0.2, 0.25) is 0 Å². The summed E-state index contributed by atoms with van der Waals surface area (Å²) in [6.45, 7) is 8.59. The lowest BCUT2D eigenvalue weighted by Gasteiger charge is -2.32. The molecule has 0 amide bonds. The minimum absolute atomic E-state index is 0.163. The van der Waals surface area contributed by atoms with Crippen molar-refractivity contribution in [3.8, 4) is 0 Å². The molecule has 0 aromatic rings. The summed E-state index contributed by atoms with van der Waals surface area (Å²) >= 11 is 0. The molecule has 0 heterocycles. The molecule has 0 aromatic carbocycles. The second kappa shape index (κ2) is 6.82. The van der Waals surface area contributed by atoms with Gasteiger partial charge in [-0.15, -0.1) is 0 Å². The van der Waals surface area contributed by atoms with Crippen LogP contribution in [-0.4, -0.2) is 34.6 Å². The second-order valence-corrected chi connectivity index (χ2v) is 3.96. The van der Waals surface area contributed by atoms with Crippen LogP contribution in [0.25, 0.3) is 0 Å². The average molecular weight is 201 g/mol. The van der Waals surface area contributed by atoms with Crippen molar-refractivity contribution >= 4 is 5.97 Å². The number of carboxylic acids is 1. The van der Waals surface area contributed by atoms with Crippen molar-refractivity contribution in [2.45, 2.75) is 59.0 Å². The van der Waals surface area contributed by atoms with Crippen LogP contribution < -0.4 is 0 Å². The van der Waals surface area contributed by atoms with Gasteiger partial charge in [0.2, 0.25) is 0 Å². The first-order valence-corrected chi connectivity index (χ1v) is 5.50.